The second-order valence-corrected chi connectivity index (χ2v) is 6.10. The van der Waals surface area contributed by atoms with E-state index in [1.165, 1.54) is 51.6 Å². The van der Waals surface area contributed by atoms with E-state index in [0.717, 1.165) is 12.1 Å². The Hall–Kier alpha value is -0.860. The molecule has 0 radical (unpaired) electrons. The van der Waals surface area contributed by atoms with Gasteiger partial charge in [0.25, 0.3) is 0 Å². The first kappa shape index (κ1) is 13.1. The summed E-state index contributed by atoms with van der Waals surface area (Å²) in [4.78, 5) is 2.76. The molecule has 0 bridgehead atoms. The normalized spacial score (nSPS) is 28.7. The molecule has 2 heteroatoms. The summed E-state index contributed by atoms with van der Waals surface area (Å²) in [5.41, 5.74) is 3.16. The van der Waals surface area contributed by atoms with Gasteiger partial charge in [-0.05, 0) is 56.7 Å². The summed E-state index contributed by atoms with van der Waals surface area (Å²) in [6.45, 7) is 2.51. The van der Waals surface area contributed by atoms with Gasteiger partial charge in [-0.3, -0.25) is 4.90 Å². The molecule has 0 saturated heterocycles. The van der Waals surface area contributed by atoms with Crippen molar-refractivity contribution in [3.8, 4) is 0 Å². The van der Waals surface area contributed by atoms with Crippen LogP contribution in [-0.2, 0) is 12.8 Å². The van der Waals surface area contributed by atoms with Gasteiger partial charge in [-0.25, -0.2) is 0 Å². The molecular weight excluding hydrogens is 232 g/mol. The molecule has 19 heavy (non-hydrogen) atoms. The third kappa shape index (κ3) is 3.01. The van der Waals surface area contributed by atoms with Crippen molar-refractivity contribution in [2.24, 2.45) is 0 Å². The molecular formula is C17H26N2. The lowest BCUT2D eigenvalue weighted by Crippen LogP contribution is -2.42. The minimum absolute atomic E-state index is 0.764. The van der Waals surface area contributed by atoms with Crippen molar-refractivity contribution in [2.75, 3.05) is 20.1 Å². The smallest absolute Gasteiger partial charge is 0.00966 e. The minimum atomic E-state index is 0.764. The van der Waals surface area contributed by atoms with Crippen LogP contribution < -0.4 is 5.32 Å². The fourth-order valence-electron chi connectivity index (χ4n) is 3.78. The van der Waals surface area contributed by atoms with Crippen molar-refractivity contribution >= 4 is 0 Å². The molecule has 1 aliphatic heterocycles. The highest BCUT2D eigenvalue weighted by molar-refractivity contribution is 5.28. The number of benzene rings is 1. The van der Waals surface area contributed by atoms with Gasteiger partial charge in [0.05, 0.1) is 0 Å². The first-order valence-electron chi connectivity index (χ1n) is 7.85. The molecule has 0 amide bonds. The SMILES string of the molecule is CNC1CCC(N2CCc3ccccc3CC2)CC1. The van der Waals surface area contributed by atoms with E-state index < -0.39 is 0 Å². The number of rotatable bonds is 2. The standard InChI is InChI=1S/C17H26N2/c1-18-16-6-8-17(9-7-16)19-12-10-14-4-2-3-5-15(14)11-13-19/h2-5,16-18H,6-13H2,1H3. The molecule has 0 aromatic heterocycles. The zero-order chi connectivity index (χ0) is 13.1. The van der Waals surface area contributed by atoms with Crippen LogP contribution in [0.4, 0.5) is 0 Å². The largest absolute Gasteiger partial charge is 0.317 e. The first-order valence-corrected chi connectivity index (χ1v) is 7.85. The molecule has 1 saturated carbocycles. The predicted octanol–water partition coefficient (Wildman–Crippen LogP) is 2.62. The van der Waals surface area contributed by atoms with E-state index in [9.17, 15) is 0 Å². The van der Waals surface area contributed by atoms with Crippen molar-refractivity contribution in [1.82, 2.24) is 10.2 Å². The van der Waals surface area contributed by atoms with Gasteiger partial charge in [0.2, 0.25) is 0 Å². The summed E-state index contributed by atoms with van der Waals surface area (Å²) in [5, 5.41) is 3.44. The molecule has 0 spiro atoms. The lowest BCUT2D eigenvalue weighted by Gasteiger charge is -2.36. The van der Waals surface area contributed by atoms with Gasteiger partial charge in [0.1, 0.15) is 0 Å². The Morgan fingerprint density at radius 2 is 1.53 bits per heavy atom. The van der Waals surface area contributed by atoms with Crippen LogP contribution in [0, 0.1) is 0 Å². The van der Waals surface area contributed by atoms with E-state index in [2.05, 4.69) is 41.5 Å². The zero-order valence-electron chi connectivity index (χ0n) is 12.1. The minimum Gasteiger partial charge on any atom is -0.317 e. The van der Waals surface area contributed by atoms with Gasteiger partial charge < -0.3 is 5.32 Å². The van der Waals surface area contributed by atoms with Crippen molar-refractivity contribution in [3.63, 3.8) is 0 Å². The van der Waals surface area contributed by atoms with Crippen LogP contribution in [0.25, 0.3) is 0 Å². The topological polar surface area (TPSA) is 15.3 Å². The molecule has 2 aliphatic rings. The molecule has 0 unspecified atom stereocenters. The van der Waals surface area contributed by atoms with Crippen molar-refractivity contribution in [1.29, 1.82) is 0 Å². The van der Waals surface area contributed by atoms with E-state index in [1.807, 2.05) is 0 Å². The average Bonchev–Trinajstić information content (AvgIpc) is 2.70. The third-order valence-corrected chi connectivity index (χ3v) is 5.08. The van der Waals surface area contributed by atoms with Gasteiger partial charge in [0, 0.05) is 25.2 Å². The van der Waals surface area contributed by atoms with Gasteiger partial charge >= 0.3 is 0 Å². The number of hydrogen-bond acceptors (Lipinski definition) is 2. The maximum absolute atomic E-state index is 3.44. The highest BCUT2D eigenvalue weighted by Crippen LogP contribution is 2.25. The molecule has 2 nitrogen and oxygen atoms in total. The van der Waals surface area contributed by atoms with Crippen LogP contribution in [0.15, 0.2) is 24.3 Å². The van der Waals surface area contributed by atoms with Crippen molar-refractivity contribution in [2.45, 2.75) is 50.6 Å². The van der Waals surface area contributed by atoms with Gasteiger partial charge in [0.15, 0.2) is 0 Å². The fraction of sp³-hybridized carbons (Fsp3) is 0.647. The van der Waals surface area contributed by atoms with E-state index in [0.29, 0.717) is 0 Å². The fourth-order valence-corrected chi connectivity index (χ4v) is 3.78. The third-order valence-electron chi connectivity index (χ3n) is 5.08. The highest BCUT2D eigenvalue weighted by Gasteiger charge is 2.26. The quantitative estimate of drug-likeness (QED) is 0.877. The zero-order valence-corrected chi connectivity index (χ0v) is 12.1. The molecule has 3 rings (SSSR count). The summed E-state index contributed by atoms with van der Waals surface area (Å²) in [5.74, 6) is 0. The van der Waals surface area contributed by atoms with E-state index in [1.54, 1.807) is 11.1 Å². The Labute approximate surface area is 117 Å². The monoisotopic (exact) mass is 258 g/mol. The van der Waals surface area contributed by atoms with Crippen LogP contribution in [0.1, 0.15) is 36.8 Å². The van der Waals surface area contributed by atoms with Crippen LogP contribution in [-0.4, -0.2) is 37.1 Å². The molecule has 104 valence electrons. The number of hydrogen-bond donors (Lipinski definition) is 1. The molecule has 1 fully saturated rings. The lowest BCUT2D eigenvalue weighted by atomic mass is 9.90. The van der Waals surface area contributed by atoms with E-state index in [-0.39, 0.29) is 0 Å². The summed E-state index contributed by atoms with van der Waals surface area (Å²) in [6, 6.07) is 10.6. The molecule has 1 heterocycles. The Morgan fingerprint density at radius 1 is 0.947 bits per heavy atom. The molecule has 1 aliphatic carbocycles. The predicted molar refractivity (Wildman–Crippen MR) is 80.5 cm³/mol. The summed E-state index contributed by atoms with van der Waals surface area (Å²) in [7, 11) is 2.10. The molecule has 1 aromatic rings. The van der Waals surface area contributed by atoms with Crippen LogP contribution in [0.5, 0.6) is 0 Å². The second kappa shape index (κ2) is 6.06. The summed E-state index contributed by atoms with van der Waals surface area (Å²) >= 11 is 0. The number of fused-ring (bicyclic) bond motifs is 1. The Kier molecular flexibility index (Phi) is 4.19. The second-order valence-electron chi connectivity index (χ2n) is 6.10. The lowest BCUT2D eigenvalue weighted by molar-refractivity contribution is 0.151. The first-order chi connectivity index (χ1) is 9.36. The average molecular weight is 258 g/mol. The van der Waals surface area contributed by atoms with Crippen LogP contribution in [0.3, 0.4) is 0 Å². The van der Waals surface area contributed by atoms with Gasteiger partial charge in [-0.1, -0.05) is 24.3 Å². The molecule has 1 N–H and O–H groups in total. The number of nitrogens with one attached hydrogen (secondary N) is 1. The van der Waals surface area contributed by atoms with Gasteiger partial charge in [-0.2, -0.15) is 0 Å². The highest BCUT2D eigenvalue weighted by atomic mass is 15.2. The number of nitrogens with zero attached hydrogens (tertiary/aromatic N) is 1. The maximum Gasteiger partial charge on any atom is 0.00966 e. The van der Waals surface area contributed by atoms with E-state index >= 15 is 0 Å². The maximum atomic E-state index is 3.44. The summed E-state index contributed by atoms with van der Waals surface area (Å²) < 4.78 is 0. The van der Waals surface area contributed by atoms with E-state index in [4.69, 9.17) is 0 Å². The Balaban J connectivity index is 1.60. The van der Waals surface area contributed by atoms with Gasteiger partial charge in [-0.15, -0.1) is 0 Å². The van der Waals surface area contributed by atoms with Crippen LogP contribution in [0.2, 0.25) is 0 Å². The van der Waals surface area contributed by atoms with Crippen LogP contribution >= 0.6 is 0 Å². The van der Waals surface area contributed by atoms with Crippen molar-refractivity contribution in [3.05, 3.63) is 35.4 Å². The Morgan fingerprint density at radius 3 is 2.05 bits per heavy atom. The summed E-state index contributed by atoms with van der Waals surface area (Å²) in [6.07, 6.45) is 7.93. The molecule has 1 aromatic carbocycles. The Bertz CT molecular complexity index is 380. The van der Waals surface area contributed by atoms with Crippen molar-refractivity contribution < 1.29 is 0 Å². The molecule has 0 atom stereocenters.